The first-order valence-electron chi connectivity index (χ1n) is 6.96. The molecule has 1 aromatic rings. The van der Waals surface area contributed by atoms with Crippen LogP contribution in [-0.4, -0.2) is 37.3 Å². The molecule has 0 aliphatic heterocycles. The predicted octanol–water partition coefficient (Wildman–Crippen LogP) is 2.79. The second-order valence-corrected chi connectivity index (χ2v) is 4.87. The highest BCUT2D eigenvalue weighted by molar-refractivity contribution is 5.90. The quantitative estimate of drug-likeness (QED) is 0.586. The number of methoxy groups -OCH3 is 1. The lowest BCUT2D eigenvalue weighted by Crippen LogP contribution is -2.10. The number of carbonyl (C=O) groups is 1. The van der Waals surface area contributed by atoms with E-state index in [1.165, 1.54) is 7.11 Å². The summed E-state index contributed by atoms with van der Waals surface area (Å²) in [6, 6.07) is 3.53. The van der Waals surface area contributed by atoms with Crippen LogP contribution in [0.4, 0.5) is 5.82 Å². The third-order valence-corrected chi connectivity index (χ3v) is 2.82. The molecule has 0 unspecified atom stereocenters. The Morgan fingerprint density at radius 1 is 1.35 bits per heavy atom. The van der Waals surface area contributed by atoms with Gasteiger partial charge in [-0.25, -0.2) is 9.78 Å². The number of hydrogen-bond donors (Lipinski definition) is 1. The summed E-state index contributed by atoms with van der Waals surface area (Å²) in [6.07, 6.45) is 2.33. The van der Waals surface area contributed by atoms with Crippen LogP contribution in [0.2, 0.25) is 0 Å². The molecule has 0 saturated carbocycles. The molecule has 0 radical (unpaired) electrons. The highest BCUT2D eigenvalue weighted by Crippen LogP contribution is 2.11. The Bertz CT molecular complexity index is 433. The van der Waals surface area contributed by atoms with Crippen molar-refractivity contribution in [2.24, 2.45) is 0 Å². The first-order valence-corrected chi connectivity index (χ1v) is 6.96. The van der Waals surface area contributed by atoms with E-state index in [0.717, 1.165) is 31.8 Å². The molecule has 0 fully saturated rings. The Labute approximate surface area is 120 Å². The number of aryl methyl sites for hydroxylation is 1. The van der Waals surface area contributed by atoms with Crippen molar-refractivity contribution in [1.29, 1.82) is 0 Å². The summed E-state index contributed by atoms with van der Waals surface area (Å²) in [5.41, 5.74) is 1.17. The Morgan fingerprint density at radius 3 is 2.70 bits per heavy atom. The van der Waals surface area contributed by atoms with Gasteiger partial charge in [-0.05, 0) is 45.7 Å². The van der Waals surface area contributed by atoms with E-state index < -0.39 is 0 Å². The second kappa shape index (κ2) is 8.53. The minimum absolute atomic E-state index is 0.290. The number of pyridine rings is 1. The number of aromatic nitrogens is 1. The fourth-order valence-electron chi connectivity index (χ4n) is 1.75. The fourth-order valence-corrected chi connectivity index (χ4v) is 1.75. The fraction of sp³-hybridized carbons (Fsp3) is 0.600. The molecule has 0 aliphatic rings. The average Bonchev–Trinajstić information content (AvgIpc) is 2.41. The summed E-state index contributed by atoms with van der Waals surface area (Å²) in [6.45, 7) is 7.49. The number of carbonyl (C=O) groups excluding carboxylic acids is 1. The van der Waals surface area contributed by atoms with Crippen molar-refractivity contribution in [1.82, 2.24) is 4.98 Å². The third-order valence-electron chi connectivity index (χ3n) is 2.82. The molecule has 0 amide bonds. The van der Waals surface area contributed by atoms with Crippen molar-refractivity contribution in [2.45, 2.75) is 39.7 Å². The van der Waals surface area contributed by atoms with Crippen molar-refractivity contribution >= 4 is 11.8 Å². The van der Waals surface area contributed by atoms with Crippen molar-refractivity contribution < 1.29 is 14.3 Å². The standard InChI is InChI=1S/C15H24N2O3/c1-11(2)20-10-6-5-9-16-14-8-7-13(12(3)17-14)15(18)19-4/h7-8,11H,5-6,9-10H2,1-4H3,(H,16,17). The zero-order valence-corrected chi connectivity index (χ0v) is 12.7. The number of unbranched alkanes of at least 4 members (excludes halogenated alkanes) is 1. The number of ether oxygens (including phenoxy) is 2. The number of esters is 1. The SMILES string of the molecule is COC(=O)c1ccc(NCCCCOC(C)C)nc1C. The van der Waals surface area contributed by atoms with Crippen LogP contribution >= 0.6 is 0 Å². The molecule has 0 bridgehead atoms. The molecule has 1 heterocycles. The molecule has 0 atom stereocenters. The number of rotatable bonds is 8. The molecule has 0 spiro atoms. The van der Waals surface area contributed by atoms with Gasteiger partial charge >= 0.3 is 5.97 Å². The smallest absolute Gasteiger partial charge is 0.339 e. The Balaban J connectivity index is 2.35. The maximum Gasteiger partial charge on any atom is 0.339 e. The predicted molar refractivity (Wildman–Crippen MR) is 79.1 cm³/mol. The summed E-state index contributed by atoms with van der Waals surface area (Å²) in [7, 11) is 1.37. The van der Waals surface area contributed by atoms with Gasteiger partial charge in [0.2, 0.25) is 0 Å². The molecular weight excluding hydrogens is 256 g/mol. The van der Waals surface area contributed by atoms with E-state index in [9.17, 15) is 4.79 Å². The molecule has 1 rings (SSSR count). The van der Waals surface area contributed by atoms with E-state index in [1.54, 1.807) is 19.1 Å². The zero-order chi connectivity index (χ0) is 15.0. The van der Waals surface area contributed by atoms with Gasteiger partial charge in [0.15, 0.2) is 0 Å². The average molecular weight is 280 g/mol. The van der Waals surface area contributed by atoms with Gasteiger partial charge in [-0.2, -0.15) is 0 Å². The highest BCUT2D eigenvalue weighted by Gasteiger charge is 2.10. The van der Waals surface area contributed by atoms with Crippen LogP contribution in [-0.2, 0) is 9.47 Å². The number of hydrogen-bond acceptors (Lipinski definition) is 5. The van der Waals surface area contributed by atoms with Gasteiger partial charge in [0.1, 0.15) is 5.82 Å². The largest absolute Gasteiger partial charge is 0.465 e. The van der Waals surface area contributed by atoms with Crippen LogP contribution in [0.1, 0.15) is 42.7 Å². The van der Waals surface area contributed by atoms with E-state index in [-0.39, 0.29) is 12.1 Å². The number of nitrogens with one attached hydrogen (secondary N) is 1. The van der Waals surface area contributed by atoms with Gasteiger partial charge in [0.25, 0.3) is 0 Å². The second-order valence-electron chi connectivity index (χ2n) is 4.87. The molecule has 5 nitrogen and oxygen atoms in total. The Kier molecular flexibility index (Phi) is 7.01. The normalized spacial score (nSPS) is 10.7. The molecule has 5 heteroatoms. The lowest BCUT2D eigenvalue weighted by molar-refractivity contribution is 0.0599. The Hall–Kier alpha value is -1.62. The monoisotopic (exact) mass is 280 g/mol. The minimum Gasteiger partial charge on any atom is -0.465 e. The van der Waals surface area contributed by atoms with Gasteiger partial charge in [0.05, 0.1) is 24.5 Å². The summed E-state index contributed by atoms with van der Waals surface area (Å²) < 4.78 is 10.2. The van der Waals surface area contributed by atoms with E-state index in [2.05, 4.69) is 15.0 Å². The molecule has 1 N–H and O–H groups in total. The molecule has 20 heavy (non-hydrogen) atoms. The van der Waals surface area contributed by atoms with Crippen molar-refractivity contribution in [3.8, 4) is 0 Å². The van der Waals surface area contributed by atoms with Crippen LogP contribution in [0.3, 0.4) is 0 Å². The van der Waals surface area contributed by atoms with E-state index >= 15 is 0 Å². The van der Waals surface area contributed by atoms with Crippen LogP contribution < -0.4 is 5.32 Å². The van der Waals surface area contributed by atoms with Gasteiger partial charge in [0, 0.05) is 13.2 Å². The molecule has 1 aromatic heterocycles. The molecule has 0 aliphatic carbocycles. The van der Waals surface area contributed by atoms with Gasteiger partial charge < -0.3 is 14.8 Å². The summed E-state index contributed by atoms with van der Waals surface area (Å²) in [5, 5.41) is 3.24. The van der Waals surface area contributed by atoms with Crippen LogP contribution in [0.15, 0.2) is 12.1 Å². The Morgan fingerprint density at radius 2 is 2.10 bits per heavy atom. The van der Waals surface area contributed by atoms with Crippen molar-refractivity contribution in [2.75, 3.05) is 25.6 Å². The van der Waals surface area contributed by atoms with E-state index in [4.69, 9.17) is 4.74 Å². The van der Waals surface area contributed by atoms with Gasteiger partial charge in [-0.1, -0.05) is 0 Å². The number of anilines is 1. The first-order chi connectivity index (χ1) is 9.54. The zero-order valence-electron chi connectivity index (χ0n) is 12.7. The third kappa shape index (κ3) is 5.57. The molecule has 0 saturated heterocycles. The van der Waals surface area contributed by atoms with Crippen molar-refractivity contribution in [3.63, 3.8) is 0 Å². The molecule has 0 aromatic carbocycles. The summed E-state index contributed by atoms with van der Waals surface area (Å²) >= 11 is 0. The van der Waals surface area contributed by atoms with E-state index in [0.29, 0.717) is 11.3 Å². The van der Waals surface area contributed by atoms with Gasteiger partial charge in [-0.3, -0.25) is 0 Å². The minimum atomic E-state index is -0.354. The van der Waals surface area contributed by atoms with Crippen LogP contribution in [0.25, 0.3) is 0 Å². The summed E-state index contributed by atoms with van der Waals surface area (Å²) in [5.74, 6) is 0.423. The maximum atomic E-state index is 11.4. The van der Waals surface area contributed by atoms with Crippen LogP contribution in [0.5, 0.6) is 0 Å². The van der Waals surface area contributed by atoms with Gasteiger partial charge in [-0.15, -0.1) is 0 Å². The maximum absolute atomic E-state index is 11.4. The highest BCUT2D eigenvalue weighted by atomic mass is 16.5. The lowest BCUT2D eigenvalue weighted by Gasteiger charge is -2.09. The number of nitrogens with zero attached hydrogens (tertiary/aromatic N) is 1. The topological polar surface area (TPSA) is 60.5 Å². The summed E-state index contributed by atoms with van der Waals surface area (Å²) in [4.78, 5) is 15.8. The lowest BCUT2D eigenvalue weighted by atomic mass is 10.2. The van der Waals surface area contributed by atoms with E-state index in [1.807, 2.05) is 13.8 Å². The first kappa shape index (κ1) is 16.4. The van der Waals surface area contributed by atoms with Crippen molar-refractivity contribution in [3.05, 3.63) is 23.4 Å². The molecular formula is C15H24N2O3. The molecule has 112 valence electrons. The van der Waals surface area contributed by atoms with Crippen LogP contribution in [0, 0.1) is 6.92 Å².